The van der Waals surface area contributed by atoms with Crippen LogP contribution in [-0.4, -0.2) is 23.9 Å². The van der Waals surface area contributed by atoms with Gasteiger partial charge >= 0.3 is 6.18 Å². The van der Waals surface area contributed by atoms with Crippen LogP contribution in [-0.2, 0) is 13.2 Å². The summed E-state index contributed by atoms with van der Waals surface area (Å²) in [5.74, 6) is 0.352. The average molecular weight is 478 g/mol. The van der Waals surface area contributed by atoms with E-state index in [9.17, 15) is 13.2 Å². The highest BCUT2D eigenvalue weighted by Gasteiger charge is 2.32. The SMILES string of the molecule is Cn1c(-c2nc3ccc(I)cn3c2Cl)nc2cc(C(F)(F)F)cnc21. The molecule has 0 aliphatic heterocycles. The molecule has 10 heteroatoms. The Kier molecular flexibility index (Phi) is 3.69. The Labute approximate surface area is 157 Å². The van der Waals surface area contributed by atoms with Crippen molar-refractivity contribution in [1.82, 2.24) is 23.9 Å². The number of halogens is 5. The van der Waals surface area contributed by atoms with Crippen LogP contribution in [0.15, 0.2) is 30.6 Å². The van der Waals surface area contributed by atoms with E-state index in [0.29, 0.717) is 28.0 Å². The summed E-state index contributed by atoms with van der Waals surface area (Å²) in [6, 6.07) is 4.66. The minimum absolute atomic E-state index is 0.134. The second kappa shape index (κ2) is 5.56. The lowest BCUT2D eigenvalue weighted by Gasteiger charge is -2.05. The molecule has 0 aliphatic rings. The third-order valence-electron chi connectivity index (χ3n) is 3.77. The standard InChI is InChI=1S/C15H8ClF3IN5/c1-24-13-9(4-7(5-21-13)15(17,18)19)22-14(24)11-12(16)25-6-8(20)2-3-10(25)23-11/h2-6H,1H3. The number of fused-ring (bicyclic) bond motifs is 2. The minimum atomic E-state index is -4.48. The van der Waals surface area contributed by atoms with Crippen molar-refractivity contribution < 1.29 is 13.2 Å². The molecule has 4 heterocycles. The van der Waals surface area contributed by atoms with Crippen molar-refractivity contribution in [3.05, 3.63) is 44.9 Å². The lowest BCUT2D eigenvalue weighted by molar-refractivity contribution is -0.137. The quantitative estimate of drug-likeness (QED) is 0.378. The maximum atomic E-state index is 12.9. The highest BCUT2D eigenvalue weighted by molar-refractivity contribution is 14.1. The topological polar surface area (TPSA) is 48.0 Å². The lowest BCUT2D eigenvalue weighted by Crippen LogP contribution is -2.05. The summed E-state index contributed by atoms with van der Waals surface area (Å²) in [6.07, 6.45) is -1.87. The van der Waals surface area contributed by atoms with Crippen molar-refractivity contribution in [3.8, 4) is 11.5 Å². The minimum Gasteiger partial charge on any atom is -0.310 e. The summed E-state index contributed by atoms with van der Waals surface area (Å²) >= 11 is 8.56. The Hall–Kier alpha value is -1.88. The Morgan fingerprint density at radius 2 is 1.96 bits per heavy atom. The van der Waals surface area contributed by atoms with Gasteiger partial charge in [0.2, 0.25) is 0 Å². The van der Waals surface area contributed by atoms with Gasteiger partial charge in [0.15, 0.2) is 11.5 Å². The number of imidazole rings is 2. The molecule has 128 valence electrons. The van der Waals surface area contributed by atoms with Gasteiger partial charge in [-0.3, -0.25) is 4.40 Å². The molecular weight excluding hydrogens is 470 g/mol. The first-order chi connectivity index (χ1) is 11.8. The lowest BCUT2D eigenvalue weighted by atomic mass is 10.2. The van der Waals surface area contributed by atoms with Crippen molar-refractivity contribution in [3.63, 3.8) is 0 Å². The van der Waals surface area contributed by atoms with E-state index in [1.165, 1.54) is 0 Å². The smallest absolute Gasteiger partial charge is 0.310 e. The van der Waals surface area contributed by atoms with Crippen molar-refractivity contribution in [2.75, 3.05) is 0 Å². The zero-order chi connectivity index (χ0) is 17.9. The van der Waals surface area contributed by atoms with E-state index in [0.717, 1.165) is 15.8 Å². The predicted octanol–water partition coefficient (Wildman–Crippen LogP) is 4.56. The van der Waals surface area contributed by atoms with Crippen LogP contribution in [0.3, 0.4) is 0 Å². The fourth-order valence-electron chi connectivity index (χ4n) is 2.58. The van der Waals surface area contributed by atoms with Crippen molar-refractivity contribution in [2.45, 2.75) is 6.18 Å². The number of pyridine rings is 2. The van der Waals surface area contributed by atoms with Crippen LogP contribution in [0, 0.1) is 3.57 Å². The Morgan fingerprint density at radius 3 is 2.68 bits per heavy atom. The molecular formula is C15H8ClF3IN5. The van der Waals surface area contributed by atoms with Crippen LogP contribution in [0.1, 0.15) is 5.56 Å². The first-order valence-electron chi connectivity index (χ1n) is 6.99. The summed E-state index contributed by atoms with van der Waals surface area (Å²) in [6.45, 7) is 0. The molecule has 0 aromatic carbocycles. The van der Waals surface area contributed by atoms with Gasteiger partial charge < -0.3 is 4.57 Å². The van der Waals surface area contributed by atoms with E-state index < -0.39 is 11.7 Å². The second-order valence-electron chi connectivity index (χ2n) is 5.39. The third-order valence-corrected chi connectivity index (χ3v) is 4.77. The molecule has 0 saturated heterocycles. The molecule has 0 unspecified atom stereocenters. The van der Waals surface area contributed by atoms with Crippen LogP contribution in [0.25, 0.3) is 28.3 Å². The largest absolute Gasteiger partial charge is 0.417 e. The molecule has 0 fully saturated rings. The first kappa shape index (κ1) is 16.6. The number of rotatable bonds is 1. The Balaban J connectivity index is 1.95. The number of aryl methyl sites for hydroxylation is 1. The maximum Gasteiger partial charge on any atom is 0.417 e. The highest BCUT2D eigenvalue weighted by atomic mass is 127. The predicted molar refractivity (Wildman–Crippen MR) is 95.4 cm³/mol. The number of aromatic nitrogens is 5. The molecule has 4 rings (SSSR count). The molecule has 0 amide bonds. The van der Waals surface area contributed by atoms with Gasteiger partial charge in [0.25, 0.3) is 0 Å². The average Bonchev–Trinajstić information content (AvgIpc) is 3.04. The monoisotopic (exact) mass is 477 g/mol. The fourth-order valence-corrected chi connectivity index (χ4v) is 3.30. The molecule has 0 spiro atoms. The molecule has 0 aliphatic carbocycles. The summed E-state index contributed by atoms with van der Waals surface area (Å²) in [5.41, 5.74) is 0.621. The number of alkyl halides is 3. The first-order valence-corrected chi connectivity index (χ1v) is 8.44. The molecule has 0 saturated carbocycles. The van der Waals surface area contributed by atoms with Gasteiger partial charge in [-0.15, -0.1) is 0 Å². The summed E-state index contributed by atoms with van der Waals surface area (Å²) in [5, 5.41) is 0.336. The highest BCUT2D eigenvalue weighted by Crippen LogP contribution is 2.33. The molecule has 25 heavy (non-hydrogen) atoms. The maximum absolute atomic E-state index is 12.9. The van der Waals surface area contributed by atoms with Crippen LogP contribution in [0.2, 0.25) is 5.15 Å². The molecule has 5 nitrogen and oxygen atoms in total. The van der Waals surface area contributed by atoms with E-state index in [2.05, 4.69) is 37.5 Å². The van der Waals surface area contributed by atoms with Gasteiger partial charge in [-0.05, 0) is 40.8 Å². The fraction of sp³-hybridized carbons (Fsp3) is 0.133. The van der Waals surface area contributed by atoms with Gasteiger partial charge in [-0.25, -0.2) is 15.0 Å². The van der Waals surface area contributed by atoms with Crippen LogP contribution >= 0.6 is 34.2 Å². The van der Waals surface area contributed by atoms with E-state index >= 15 is 0 Å². The van der Waals surface area contributed by atoms with Crippen LogP contribution in [0.5, 0.6) is 0 Å². The van der Waals surface area contributed by atoms with Crippen LogP contribution < -0.4 is 0 Å². The van der Waals surface area contributed by atoms with Gasteiger partial charge in [0.1, 0.15) is 22.0 Å². The molecule has 0 atom stereocenters. The summed E-state index contributed by atoms with van der Waals surface area (Å²) in [7, 11) is 1.66. The van der Waals surface area contributed by atoms with E-state index in [1.807, 2.05) is 12.3 Å². The van der Waals surface area contributed by atoms with Gasteiger partial charge in [0, 0.05) is 23.0 Å². The molecule has 0 bridgehead atoms. The van der Waals surface area contributed by atoms with E-state index in [-0.39, 0.29) is 5.52 Å². The molecule has 0 radical (unpaired) electrons. The van der Waals surface area contributed by atoms with Gasteiger partial charge in [0.05, 0.1) is 5.56 Å². The number of nitrogens with zero attached hydrogens (tertiary/aromatic N) is 5. The Morgan fingerprint density at radius 1 is 1.20 bits per heavy atom. The number of hydrogen-bond acceptors (Lipinski definition) is 3. The van der Waals surface area contributed by atoms with Crippen molar-refractivity contribution in [1.29, 1.82) is 0 Å². The summed E-state index contributed by atoms with van der Waals surface area (Å²) < 4.78 is 42.9. The zero-order valence-electron chi connectivity index (χ0n) is 12.5. The normalized spacial score (nSPS) is 12.4. The van der Waals surface area contributed by atoms with Gasteiger partial charge in [-0.2, -0.15) is 13.2 Å². The molecule has 0 N–H and O–H groups in total. The van der Waals surface area contributed by atoms with E-state index in [4.69, 9.17) is 11.6 Å². The van der Waals surface area contributed by atoms with Gasteiger partial charge in [-0.1, -0.05) is 11.6 Å². The number of hydrogen-bond donors (Lipinski definition) is 0. The van der Waals surface area contributed by atoms with Crippen molar-refractivity contribution in [2.24, 2.45) is 7.05 Å². The third kappa shape index (κ3) is 2.65. The molecule has 4 aromatic rings. The molecule has 4 aromatic heterocycles. The van der Waals surface area contributed by atoms with Crippen molar-refractivity contribution >= 4 is 51.0 Å². The van der Waals surface area contributed by atoms with Crippen LogP contribution in [0.4, 0.5) is 13.2 Å². The Bertz CT molecular complexity index is 1130. The zero-order valence-corrected chi connectivity index (χ0v) is 15.4. The second-order valence-corrected chi connectivity index (χ2v) is 6.99. The summed E-state index contributed by atoms with van der Waals surface area (Å²) in [4.78, 5) is 12.6. The van der Waals surface area contributed by atoms with E-state index in [1.54, 1.807) is 22.1 Å².